The second-order valence-electron chi connectivity index (χ2n) is 5.12. The molecule has 1 aliphatic carbocycles. The Balaban J connectivity index is 2.04. The van der Waals surface area contributed by atoms with Crippen LogP contribution in [0, 0.1) is 5.92 Å². The van der Waals surface area contributed by atoms with Crippen molar-refractivity contribution in [2.75, 3.05) is 13.7 Å². The highest BCUT2D eigenvalue weighted by Gasteiger charge is 2.33. The van der Waals surface area contributed by atoms with Gasteiger partial charge >= 0.3 is 0 Å². The Bertz CT molecular complexity index is 490. The Morgan fingerprint density at radius 1 is 1.50 bits per heavy atom. The zero-order valence-electron chi connectivity index (χ0n) is 12.2. The van der Waals surface area contributed by atoms with Gasteiger partial charge in [0.25, 0.3) is 0 Å². The molecule has 2 unspecified atom stereocenters. The highest BCUT2D eigenvalue weighted by Crippen LogP contribution is 2.29. The van der Waals surface area contributed by atoms with Gasteiger partial charge in [-0.1, -0.05) is 24.6 Å². The monoisotopic (exact) mass is 295 g/mol. The van der Waals surface area contributed by atoms with Crippen LogP contribution in [0.2, 0.25) is 5.02 Å². The Kier molecular flexibility index (Phi) is 5.12. The summed E-state index contributed by atoms with van der Waals surface area (Å²) in [5.74, 6) is 2.37. The molecule has 0 saturated heterocycles. The topological polar surface area (TPSA) is 45.7 Å². The summed E-state index contributed by atoms with van der Waals surface area (Å²) in [6.07, 6.45) is 1.22. The SMILES string of the molecule is CCNC(=NCc1ccc(Cl)cc1OC)NC1CC1C. The van der Waals surface area contributed by atoms with Crippen LogP contribution in [0.1, 0.15) is 25.8 Å². The van der Waals surface area contributed by atoms with Gasteiger partial charge in [0.15, 0.2) is 5.96 Å². The van der Waals surface area contributed by atoms with Gasteiger partial charge in [0.05, 0.1) is 13.7 Å². The van der Waals surface area contributed by atoms with E-state index in [9.17, 15) is 0 Å². The molecule has 20 heavy (non-hydrogen) atoms. The second-order valence-corrected chi connectivity index (χ2v) is 5.55. The number of halogens is 1. The van der Waals surface area contributed by atoms with Crippen LogP contribution < -0.4 is 15.4 Å². The van der Waals surface area contributed by atoms with E-state index in [1.807, 2.05) is 18.2 Å². The van der Waals surface area contributed by atoms with Crippen LogP contribution in [0.5, 0.6) is 5.75 Å². The molecule has 1 aliphatic rings. The van der Waals surface area contributed by atoms with Crippen LogP contribution in [0.4, 0.5) is 0 Å². The normalized spacial score (nSPS) is 21.5. The first-order valence-corrected chi connectivity index (χ1v) is 7.39. The average molecular weight is 296 g/mol. The highest BCUT2D eigenvalue weighted by atomic mass is 35.5. The van der Waals surface area contributed by atoms with Crippen molar-refractivity contribution in [3.63, 3.8) is 0 Å². The van der Waals surface area contributed by atoms with Crippen molar-refractivity contribution in [3.05, 3.63) is 28.8 Å². The van der Waals surface area contributed by atoms with Gasteiger partial charge in [-0.05, 0) is 31.4 Å². The van der Waals surface area contributed by atoms with E-state index < -0.39 is 0 Å². The van der Waals surface area contributed by atoms with Crippen molar-refractivity contribution in [1.29, 1.82) is 0 Å². The summed E-state index contributed by atoms with van der Waals surface area (Å²) in [5, 5.41) is 7.37. The maximum atomic E-state index is 5.96. The molecule has 0 amide bonds. The van der Waals surface area contributed by atoms with E-state index in [4.69, 9.17) is 16.3 Å². The molecule has 0 aromatic heterocycles. The molecule has 1 fully saturated rings. The fourth-order valence-electron chi connectivity index (χ4n) is 2.03. The van der Waals surface area contributed by atoms with Gasteiger partial charge in [-0.3, -0.25) is 0 Å². The quantitative estimate of drug-likeness (QED) is 0.648. The van der Waals surface area contributed by atoms with Gasteiger partial charge in [-0.15, -0.1) is 0 Å². The van der Waals surface area contributed by atoms with Gasteiger partial charge in [0.2, 0.25) is 0 Å². The van der Waals surface area contributed by atoms with Crippen LogP contribution in [0.15, 0.2) is 23.2 Å². The van der Waals surface area contributed by atoms with Crippen LogP contribution >= 0.6 is 11.6 Å². The third kappa shape index (κ3) is 4.04. The number of guanidine groups is 1. The van der Waals surface area contributed by atoms with E-state index in [-0.39, 0.29) is 0 Å². The summed E-state index contributed by atoms with van der Waals surface area (Å²) in [7, 11) is 1.65. The molecule has 4 nitrogen and oxygen atoms in total. The molecule has 2 N–H and O–H groups in total. The minimum absolute atomic E-state index is 0.555. The summed E-state index contributed by atoms with van der Waals surface area (Å²) < 4.78 is 5.33. The minimum atomic E-state index is 0.555. The van der Waals surface area contributed by atoms with Gasteiger partial charge in [-0.2, -0.15) is 0 Å². The molecule has 5 heteroatoms. The number of nitrogens with zero attached hydrogens (tertiary/aromatic N) is 1. The molecule has 0 bridgehead atoms. The van der Waals surface area contributed by atoms with E-state index in [1.54, 1.807) is 7.11 Å². The van der Waals surface area contributed by atoms with Crippen molar-refractivity contribution in [1.82, 2.24) is 10.6 Å². The van der Waals surface area contributed by atoms with Gasteiger partial charge in [0, 0.05) is 23.2 Å². The van der Waals surface area contributed by atoms with E-state index in [0.29, 0.717) is 17.6 Å². The summed E-state index contributed by atoms with van der Waals surface area (Å²) in [5.41, 5.74) is 1.03. The molecule has 1 aromatic rings. The fraction of sp³-hybridized carbons (Fsp3) is 0.533. The van der Waals surface area contributed by atoms with Crippen LogP contribution in [-0.2, 0) is 6.54 Å². The molecule has 2 rings (SSSR count). The molecular formula is C15H22ClN3O. The number of aliphatic imine (C=N–C) groups is 1. The number of benzene rings is 1. The molecule has 0 aliphatic heterocycles. The number of hydrogen-bond donors (Lipinski definition) is 2. The first-order valence-electron chi connectivity index (χ1n) is 7.01. The lowest BCUT2D eigenvalue weighted by molar-refractivity contribution is 0.410. The molecule has 0 spiro atoms. The Morgan fingerprint density at radius 3 is 2.85 bits per heavy atom. The van der Waals surface area contributed by atoms with E-state index >= 15 is 0 Å². The van der Waals surface area contributed by atoms with Crippen molar-refractivity contribution in [3.8, 4) is 5.75 Å². The highest BCUT2D eigenvalue weighted by molar-refractivity contribution is 6.30. The maximum Gasteiger partial charge on any atom is 0.191 e. The van der Waals surface area contributed by atoms with E-state index in [1.165, 1.54) is 6.42 Å². The summed E-state index contributed by atoms with van der Waals surface area (Å²) in [6, 6.07) is 6.18. The van der Waals surface area contributed by atoms with E-state index in [0.717, 1.165) is 29.7 Å². The lowest BCUT2D eigenvalue weighted by Gasteiger charge is -2.12. The maximum absolute atomic E-state index is 5.96. The van der Waals surface area contributed by atoms with Crippen LogP contribution in [-0.4, -0.2) is 25.7 Å². The van der Waals surface area contributed by atoms with Crippen molar-refractivity contribution < 1.29 is 4.74 Å². The molecular weight excluding hydrogens is 274 g/mol. The van der Waals surface area contributed by atoms with E-state index in [2.05, 4.69) is 29.5 Å². The van der Waals surface area contributed by atoms with Crippen molar-refractivity contribution >= 4 is 17.6 Å². The Hall–Kier alpha value is -1.42. The third-order valence-corrected chi connectivity index (χ3v) is 3.67. The lowest BCUT2D eigenvalue weighted by Crippen LogP contribution is -2.39. The van der Waals surface area contributed by atoms with Crippen molar-refractivity contribution in [2.24, 2.45) is 10.9 Å². The molecule has 0 heterocycles. The first-order chi connectivity index (χ1) is 9.63. The average Bonchev–Trinajstić information content (AvgIpc) is 3.12. The fourth-order valence-corrected chi connectivity index (χ4v) is 2.19. The molecule has 1 aromatic carbocycles. The van der Waals surface area contributed by atoms with Crippen LogP contribution in [0.3, 0.4) is 0 Å². The van der Waals surface area contributed by atoms with Gasteiger partial charge < -0.3 is 15.4 Å². The number of methoxy groups -OCH3 is 1. The first kappa shape index (κ1) is 15.0. The largest absolute Gasteiger partial charge is 0.496 e. The minimum Gasteiger partial charge on any atom is -0.496 e. The standard InChI is InChI=1S/C15H22ClN3O/c1-4-17-15(19-13-7-10(13)2)18-9-11-5-6-12(16)8-14(11)20-3/h5-6,8,10,13H,4,7,9H2,1-3H3,(H2,17,18,19). The molecule has 1 saturated carbocycles. The molecule has 0 radical (unpaired) electrons. The molecule has 110 valence electrons. The predicted octanol–water partition coefficient (Wildman–Crippen LogP) is 2.81. The van der Waals surface area contributed by atoms with Crippen LogP contribution in [0.25, 0.3) is 0 Å². The number of hydrogen-bond acceptors (Lipinski definition) is 2. The van der Waals surface area contributed by atoms with Crippen molar-refractivity contribution in [2.45, 2.75) is 32.9 Å². The van der Waals surface area contributed by atoms with Gasteiger partial charge in [-0.25, -0.2) is 4.99 Å². The summed E-state index contributed by atoms with van der Waals surface area (Å²) in [4.78, 5) is 4.61. The molecule has 2 atom stereocenters. The summed E-state index contributed by atoms with van der Waals surface area (Å²) >= 11 is 5.96. The third-order valence-electron chi connectivity index (χ3n) is 3.43. The zero-order valence-corrected chi connectivity index (χ0v) is 13.0. The van der Waals surface area contributed by atoms with Gasteiger partial charge in [0.1, 0.15) is 5.75 Å². The lowest BCUT2D eigenvalue weighted by atomic mass is 10.2. The zero-order chi connectivity index (χ0) is 14.5. The second kappa shape index (κ2) is 6.84. The number of nitrogens with one attached hydrogen (secondary N) is 2. The number of ether oxygens (including phenoxy) is 1. The predicted molar refractivity (Wildman–Crippen MR) is 83.5 cm³/mol. The smallest absolute Gasteiger partial charge is 0.191 e. The Labute approximate surface area is 125 Å². The number of rotatable bonds is 5. The summed E-state index contributed by atoms with van der Waals surface area (Å²) in [6.45, 7) is 5.72. The Morgan fingerprint density at radius 2 is 2.25 bits per heavy atom.